The lowest BCUT2D eigenvalue weighted by Gasteiger charge is -2.35. The largest absolute Gasteiger partial charge is 0.324 e. The number of para-hydroxylation sites is 1. The van der Waals surface area contributed by atoms with Crippen molar-refractivity contribution >= 4 is 44.8 Å². The first-order chi connectivity index (χ1) is 11.7. The molecule has 1 heterocycles. The number of carbonyl (C=O) groups excluding carboxylic acids is 1. The van der Waals surface area contributed by atoms with Gasteiger partial charge in [0.2, 0.25) is 15.9 Å². The van der Waals surface area contributed by atoms with Gasteiger partial charge in [-0.15, -0.1) is 0 Å². The Morgan fingerprint density at radius 3 is 2.36 bits per heavy atom. The average molecular weight is 408 g/mol. The molecule has 0 spiro atoms. The molecular formula is C16H23Cl2N3O3S. The van der Waals surface area contributed by atoms with E-state index in [4.69, 9.17) is 23.2 Å². The van der Waals surface area contributed by atoms with Crippen molar-refractivity contribution in [2.24, 2.45) is 0 Å². The number of sulfonamides is 1. The van der Waals surface area contributed by atoms with E-state index < -0.39 is 10.0 Å². The summed E-state index contributed by atoms with van der Waals surface area (Å²) in [6, 6.07) is 5.10. The van der Waals surface area contributed by atoms with Gasteiger partial charge in [-0.3, -0.25) is 4.79 Å². The minimum atomic E-state index is -3.16. The number of anilines is 1. The van der Waals surface area contributed by atoms with Gasteiger partial charge in [0.05, 0.1) is 22.0 Å². The monoisotopic (exact) mass is 407 g/mol. The summed E-state index contributed by atoms with van der Waals surface area (Å²) in [5.41, 5.74) is 0.435. The number of nitrogens with zero attached hydrogens (tertiary/aromatic N) is 2. The number of hydrogen-bond donors (Lipinski definition) is 1. The lowest BCUT2D eigenvalue weighted by Crippen LogP contribution is -2.45. The van der Waals surface area contributed by atoms with Crippen molar-refractivity contribution in [1.82, 2.24) is 9.21 Å². The molecule has 0 atom stereocenters. The van der Waals surface area contributed by atoms with Gasteiger partial charge in [0.15, 0.2) is 0 Å². The Morgan fingerprint density at radius 2 is 1.84 bits per heavy atom. The van der Waals surface area contributed by atoms with E-state index in [1.165, 1.54) is 10.6 Å². The van der Waals surface area contributed by atoms with Crippen LogP contribution in [0.5, 0.6) is 0 Å². The normalized spacial score (nSPS) is 17.0. The molecule has 0 saturated carbocycles. The number of rotatable bonds is 6. The Morgan fingerprint density at radius 1 is 1.28 bits per heavy atom. The Kier molecular flexibility index (Phi) is 7.10. The van der Waals surface area contributed by atoms with E-state index in [-0.39, 0.29) is 11.9 Å². The molecule has 140 valence electrons. The highest BCUT2D eigenvalue weighted by Gasteiger charge is 2.27. The first-order valence-electron chi connectivity index (χ1n) is 8.07. The van der Waals surface area contributed by atoms with E-state index in [1.807, 2.05) is 0 Å². The van der Waals surface area contributed by atoms with Gasteiger partial charge in [-0.2, -0.15) is 0 Å². The zero-order chi connectivity index (χ0) is 18.6. The second kappa shape index (κ2) is 8.68. The van der Waals surface area contributed by atoms with E-state index in [1.54, 1.807) is 25.2 Å². The number of piperidine rings is 1. The van der Waals surface area contributed by atoms with Crippen LogP contribution < -0.4 is 5.32 Å². The molecule has 1 fully saturated rings. The molecule has 1 amide bonds. The minimum Gasteiger partial charge on any atom is -0.324 e. The zero-order valence-corrected chi connectivity index (χ0v) is 16.7. The molecule has 1 aromatic rings. The Balaban J connectivity index is 1.78. The van der Waals surface area contributed by atoms with Crippen molar-refractivity contribution in [2.45, 2.75) is 25.3 Å². The SMILES string of the molecule is CN(C1CCN(CCC(=O)Nc2c(Cl)cccc2Cl)CC1)S(C)(=O)=O. The predicted molar refractivity (Wildman–Crippen MR) is 102 cm³/mol. The summed E-state index contributed by atoms with van der Waals surface area (Å²) in [6.45, 7) is 2.15. The summed E-state index contributed by atoms with van der Waals surface area (Å²) in [6.07, 6.45) is 3.08. The molecule has 6 nitrogen and oxygen atoms in total. The van der Waals surface area contributed by atoms with Crippen LogP contribution in [0.4, 0.5) is 5.69 Å². The van der Waals surface area contributed by atoms with E-state index in [9.17, 15) is 13.2 Å². The zero-order valence-electron chi connectivity index (χ0n) is 14.3. The third-order valence-electron chi connectivity index (χ3n) is 4.48. The average Bonchev–Trinajstić information content (AvgIpc) is 2.55. The van der Waals surface area contributed by atoms with Crippen LogP contribution >= 0.6 is 23.2 Å². The van der Waals surface area contributed by atoms with Crippen LogP contribution in [0.15, 0.2) is 18.2 Å². The first-order valence-corrected chi connectivity index (χ1v) is 10.7. The van der Waals surface area contributed by atoms with Crippen molar-refractivity contribution < 1.29 is 13.2 Å². The van der Waals surface area contributed by atoms with Crippen LogP contribution in [0, 0.1) is 0 Å². The van der Waals surface area contributed by atoms with Crippen LogP contribution in [0.25, 0.3) is 0 Å². The fourth-order valence-corrected chi connectivity index (χ4v) is 4.10. The van der Waals surface area contributed by atoms with Gasteiger partial charge in [0.25, 0.3) is 0 Å². The third kappa shape index (κ3) is 5.82. The number of amides is 1. The maximum atomic E-state index is 12.1. The molecule has 1 N–H and O–H groups in total. The molecule has 2 rings (SSSR count). The lowest BCUT2D eigenvalue weighted by atomic mass is 10.1. The van der Waals surface area contributed by atoms with Crippen LogP contribution in [-0.2, 0) is 14.8 Å². The van der Waals surface area contributed by atoms with Crippen LogP contribution in [0.2, 0.25) is 10.0 Å². The first kappa shape index (κ1) is 20.5. The fraction of sp³-hybridized carbons (Fsp3) is 0.562. The van der Waals surface area contributed by atoms with E-state index >= 15 is 0 Å². The summed E-state index contributed by atoms with van der Waals surface area (Å²) in [7, 11) is -1.54. The lowest BCUT2D eigenvalue weighted by molar-refractivity contribution is -0.116. The number of likely N-dealkylation sites (tertiary alicyclic amines) is 1. The molecule has 0 unspecified atom stereocenters. The van der Waals surface area contributed by atoms with E-state index in [0.29, 0.717) is 28.7 Å². The molecular weight excluding hydrogens is 385 g/mol. The number of carbonyl (C=O) groups is 1. The van der Waals surface area contributed by atoms with Crippen LogP contribution in [0.1, 0.15) is 19.3 Å². The topological polar surface area (TPSA) is 69.7 Å². The second-order valence-corrected chi connectivity index (χ2v) is 9.10. The number of hydrogen-bond acceptors (Lipinski definition) is 4. The van der Waals surface area contributed by atoms with Gasteiger partial charge in [0, 0.05) is 26.1 Å². The van der Waals surface area contributed by atoms with Crippen molar-refractivity contribution in [2.75, 3.05) is 38.3 Å². The van der Waals surface area contributed by atoms with E-state index in [2.05, 4.69) is 10.2 Å². The third-order valence-corrected chi connectivity index (χ3v) is 6.45. The molecule has 0 bridgehead atoms. The standard InChI is InChI=1S/C16H23Cl2N3O3S/c1-20(25(2,23)24)12-6-9-21(10-7-12)11-8-15(22)19-16-13(17)4-3-5-14(16)18/h3-5,12H,6-11H2,1-2H3,(H,19,22). The number of nitrogens with one attached hydrogen (secondary N) is 1. The van der Waals surface area contributed by atoms with Gasteiger partial charge in [0.1, 0.15) is 0 Å². The van der Waals surface area contributed by atoms with Gasteiger partial charge in [-0.25, -0.2) is 12.7 Å². The highest BCUT2D eigenvalue weighted by atomic mass is 35.5. The smallest absolute Gasteiger partial charge is 0.225 e. The molecule has 1 aromatic carbocycles. The van der Waals surface area contributed by atoms with Gasteiger partial charge >= 0.3 is 0 Å². The quantitative estimate of drug-likeness (QED) is 0.786. The summed E-state index contributed by atoms with van der Waals surface area (Å²) >= 11 is 12.1. The summed E-state index contributed by atoms with van der Waals surface area (Å²) in [4.78, 5) is 14.3. The van der Waals surface area contributed by atoms with Crippen LogP contribution in [-0.4, -0.2) is 62.5 Å². The van der Waals surface area contributed by atoms with Crippen molar-refractivity contribution in [3.05, 3.63) is 28.2 Å². The minimum absolute atomic E-state index is 0.0296. The molecule has 1 saturated heterocycles. The molecule has 0 aromatic heterocycles. The van der Waals surface area contributed by atoms with Crippen molar-refractivity contribution in [3.63, 3.8) is 0 Å². The Hall–Kier alpha value is -0.860. The highest BCUT2D eigenvalue weighted by Crippen LogP contribution is 2.29. The number of benzene rings is 1. The van der Waals surface area contributed by atoms with Gasteiger partial charge < -0.3 is 10.2 Å². The summed E-state index contributed by atoms with van der Waals surface area (Å²) in [5.74, 6) is -0.148. The second-order valence-electron chi connectivity index (χ2n) is 6.25. The molecule has 1 aliphatic heterocycles. The molecule has 1 aliphatic rings. The van der Waals surface area contributed by atoms with Gasteiger partial charge in [-0.05, 0) is 38.1 Å². The molecule has 25 heavy (non-hydrogen) atoms. The molecule has 0 radical (unpaired) electrons. The molecule has 0 aliphatic carbocycles. The summed E-state index contributed by atoms with van der Waals surface area (Å²) < 4.78 is 24.6. The maximum Gasteiger partial charge on any atom is 0.225 e. The molecule has 9 heteroatoms. The fourth-order valence-electron chi connectivity index (χ4n) is 2.86. The highest BCUT2D eigenvalue weighted by molar-refractivity contribution is 7.88. The predicted octanol–water partition coefficient (Wildman–Crippen LogP) is 2.68. The Bertz CT molecular complexity index is 699. The van der Waals surface area contributed by atoms with E-state index in [0.717, 1.165) is 25.9 Å². The Labute approximate surface area is 159 Å². The summed E-state index contributed by atoms with van der Waals surface area (Å²) in [5, 5.41) is 3.56. The van der Waals surface area contributed by atoms with Crippen molar-refractivity contribution in [3.8, 4) is 0 Å². The van der Waals surface area contributed by atoms with Gasteiger partial charge in [-0.1, -0.05) is 29.3 Å². The van der Waals surface area contributed by atoms with Crippen molar-refractivity contribution in [1.29, 1.82) is 0 Å². The maximum absolute atomic E-state index is 12.1. The van der Waals surface area contributed by atoms with Crippen LogP contribution in [0.3, 0.4) is 0 Å². The number of halogens is 2.